The molecular weight excluding hydrogens is 416 g/mol. The Bertz CT molecular complexity index is 1060. The Morgan fingerprint density at radius 2 is 1.61 bits per heavy atom. The molecule has 0 fully saturated rings. The van der Waals surface area contributed by atoms with Crippen LogP contribution in [-0.2, 0) is 16.1 Å². The van der Waals surface area contributed by atoms with Gasteiger partial charge in [0.15, 0.2) is 0 Å². The van der Waals surface area contributed by atoms with E-state index in [4.69, 9.17) is 9.47 Å². The zero-order chi connectivity index (χ0) is 22.2. The molecule has 31 heavy (non-hydrogen) atoms. The van der Waals surface area contributed by atoms with E-state index in [9.17, 15) is 14.4 Å². The Morgan fingerprint density at radius 1 is 0.903 bits per heavy atom. The Hall–Kier alpha value is -3.65. The lowest BCUT2D eigenvalue weighted by molar-refractivity contribution is -0.143. The third-order valence-corrected chi connectivity index (χ3v) is 5.32. The second-order valence-electron chi connectivity index (χ2n) is 6.63. The van der Waals surface area contributed by atoms with Crippen molar-refractivity contribution in [2.24, 2.45) is 0 Å². The molecule has 0 unspecified atom stereocenters. The fourth-order valence-electron chi connectivity index (χ4n) is 2.64. The van der Waals surface area contributed by atoms with Crippen LogP contribution in [0.4, 0.5) is 5.69 Å². The van der Waals surface area contributed by atoms with Gasteiger partial charge in [0.05, 0.1) is 12.0 Å². The Kier molecular flexibility index (Phi) is 7.40. The molecule has 2 aromatic carbocycles. The molecule has 0 aliphatic heterocycles. The van der Waals surface area contributed by atoms with Crippen molar-refractivity contribution >= 4 is 34.8 Å². The predicted octanol–water partition coefficient (Wildman–Crippen LogP) is 3.79. The van der Waals surface area contributed by atoms with E-state index in [1.54, 1.807) is 61.7 Å². The molecule has 1 aromatic heterocycles. The molecule has 1 heterocycles. The highest BCUT2D eigenvalue weighted by Crippen LogP contribution is 2.16. The van der Waals surface area contributed by atoms with E-state index in [2.05, 4.69) is 10.6 Å². The van der Waals surface area contributed by atoms with Crippen LogP contribution in [0.1, 0.15) is 30.5 Å². The number of anilines is 1. The van der Waals surface area contributed by atoms with Gasteiger partial charge in [0, 0.05) is 16.1 Å². The first-order valence-corrected chi connectivity index (χ1v) is 10.3. The minimum atomic E-state index is -0.539. The number of rotatable bonds is 8. The number of esters is 1. The lowest BCUT2D eigenvalue weighted by atomic mass is 10.1. The lowest BCUT2D eigenvalue weighted by Gasteiger charge is -2.08. The van der Waals surface area contributed by atoms with E-state index in [0.29, 0.717) is 21.9 Å². The summed E-state index contributed by atoms with van der Waals surface area (Å²) in [4.78, 5) is 37.7. The summed E-state index contributed by atoms with van der Waals surface area (Å²) in [6.07, 6.45) is 0. The topological polar surface area (TPSA) is 93.7 Å². The third-order valence-electron chi connectivity index (χ3n) is 4.32. The molecule has 3 aromatic rings. The summed E-state index contributed by atoms with van der Waals surface area (Å²) < 4.78 is 10.3. The fourth-order valence-corrected chi connectivity index (χ4v) is 3.42. The highest BCUT2D eigenvalue weighted by Gasteiger charge is 2.11. The van der Waals surface area contributed by atoms with Crippen LogP contribution in [0.5, 0.6) is 5.75 Å². The number of methoxy groups -OCH3 is 1. The summed E-state index contributed by atoms with van der Waals surface area (Å²) in [5, 5.41) is 5.34. The number of ether oxygens (including phenoxy) is 2. The molecule has 7 nitrogen and oxygen atoms in total. The van der Waals surface area contributed by atoms with E-state index in [-0.39, 0.29) is 25.0 Å². The molecule has 0 spiro atoms. The van der Waals surface area contributed by atoms with Gasteiger partial charge in [-0.2, -0.15) is 0 Å². The quantitative estimate of drug-likeness (QED) is 0.522. The van der Waals surface area contributed by atoms with Gasteiger partial charge in [-0.1, -0.05) is 12.1 Å². The van der Waals surface area contributed by atoms with Crippen LogP contribution >= 0.6 is 11.3 Å². The van der Waals surface area contributed by atoms with Crippen molar-refractivity contribution in [1.82, 2.24) is 5.32 Å². The second kappa shape index (κ2) is 10.4. The minimum Gasteiger partial charge on any atom is -0.497 e. The van der Waals surface area contributed by atoms with Crippen LogP contribution in [-0.4, -0.2) is 31.4 Å². The average molecular weight is 439 g/mol. The SMILES string of the molecule is COc1ccc(NC(=O)c2ccc(COC(=O)CNC(=O)c3ccc(C)s3)cc2)cc1. The van der Waals surface area contributed by atoms with Crippen LogP contribution in [0, 0.1) is 6.92 Å². The Balaban J connectivity index is 1.44. The largest absolute Gasteiger partial charge is 0.497 e. The molecular formula is C23H22N2O5S. The minimum absolute atomic E-state index is 0.0488. The first kappa shape index (κ1) is 22.0. The first-order valence-electron chi connectivity index (χ1n) is 9.49. The van der Waals surface area contributed by atoms with Gasteiger partial charge in [-0.15, -0.1) is 11.3 Å². The van der Waals surface area contributed by atoms with E-state index in [0.717, 1.165) is 10.4 Å². The normalized spacial score (nSPS) is 10.3. The summed E-state index contributed by atoms with van der Waals surface area (Å²) in [6, 6.07) is 17.3. The summed E-state index contributed by atoms with van der Waals surface area (Å²) in [5.74, 6) is -0.386. The van der Waals surface area contributed by atoms with Crippen molar-refractivity contribution < 1.29 is 23.9 Å². The van der Waals surface area contributed by atoms with Crippen molar-refractivity contribution in [2.45, 2.75) is 13.5 Å². The molecule has 0 aliphatic carbocycles. The van der Waals surface area contributed by atoms with Crippen molar-refractivity contribution in [2.75, 3.05) is 19.0 Å². The number of amides is 2. The van der Waals surface area contributed by atoms with Crippen LogP contribution < -0.4 is 15.4 Å². The molecule has 0 atom stereocenters. The molecule has 160 valence electrons. The van der Waals surface area contributed by atoms with Crippen LogP contribution in [0.25, 0.3) is 0 Å². The average Bonchev–Trinajstić information content (AvgIpc) is 3.23. The monoisotopic (exact) mass is 438 g/mol. The van der Waals surface area contributed by atoms with Crippen molar-refractivity contribution in [3.63, 3.8) is 0 Å². The van der Waals surface area contributed by atoms with Gasteiger partial charge in [0.1, 0.15) is 18.9 Å². The molecule has 0 saturated heterocycles. The highest BCUT2D eigenvalue weighted by atomic mass is 32.1. The molecule has 2 N–H and O–H groups in total. The molecule has 2 amide bonds. The number of nitrogens with one attached hydrogen (secondary N) is 2. The summed E-state index contributed by atoms with van der Waals surface area (Å²) in [5.41, 5.74) is 1.86. The number of hydrogen-bond donors (Lipinski definition) is 2. The molecule has 8 heteroatoms. The van der Waals surface area contributed by atoms with E-state index in [1.165, 1.54) is 11.3 Å². The number of benzene rings is 2. The number of aryl methyl sites for hydroxylation is 1. The first-order chi connectivity index (χ1) is 14.9. The molecule has 0 saturated carbocycles. The maximum Gasteiger partial charge on any atom is 0.325 e. The lowest BCUT2D eigenvalue weighted by Crippen LogP contribution is -2.30. The van der Waals surface area contributed by atoms with E-state index >= 15 is 0 Å². The summed E-state index contributed by atoms with van der Waals surface area (Å²) >= 11 is 1.36. The Labute approximate surface area is 184 Å². The second-order valence-corrected chi connectivity index (χ2v) is 7.92. The smallest absolute Gasteiger partial charge is 0.325 e. The van der Waals surface area contributed by atoms with Crippen LogP contribution in [0.3, 0.4) is 0 Å². The molecule has 0 bridgehead atoms. The molecule has 3 rings (SSSR count). The van der Waals surface area contributed by atoms with Gasteiger partial charge in [-0.25, -0.2) is 0 Å². The van der Waals surface area contributed by atoms with Gasteiger partial charge in [0.2, 0.25) is 0 Å². The molecule has 0 radical (unpaired) electrons. The standard InChI is InChI=1S/C23H22N2O5S/c1-15-3-12-20(31-15)23(28)24-13-21(26)30-14-16-4-6-17(7-5-16)22(27)25-18-8-10-19(29-2)11-9-18/h3-12H,13-14H2,1-2H3,(H,24,28)(H,25,27). The van der Waals surface area contributed by atoms with E-state index < -0.39 is 5.97 Å². The fraction of sp³-hybridized carbons (Fsp3) is 0.174. The summed E-state index contributed by atoms with van der Waals surface area (Å²) in [7, 11) is 1.58. The van der Waals surface area contributed by atoms with Crippen molar-refractivity contribution in [3.8, 4) is 5.75 Å². The number of carbonyl (C=O) groups excluding carboxylic acids is 3. The van der Waals surface area contributed by atoms with Gasteiger partial charge in [0.25, 0.3) is 11.8 Å². The maximum atomic E-state index is 12.3. The number of carbonyl (C=O) groups is 3. The van der Waals surface area contributed by atoms with Crippen LogP contribution in [0.2, 0.25) is 0 Å². The maximum absolute atomic E-state index is 12.3. The van der Waals surface area contributed by atoms with Gasteiger partial charge in [-0.05, 0) is 61.0 Å². The highest BCUT2D eigenvalue weighted by molar-refractivity contribution is 7.13. The van der Waals surface area contributed by atoms with Gasteiger partial charge < -0.3 is 20.1 Å². The van der Waals surface area contributed by atoms with Gasteiger partial charge in [-0.3, -0.25) is 14.4 Å². The number of thiophene rings is 1. The van der Waals surface area contributed by atoms with Crippen molar-refractivity contribution in [1.29, 1.82) is 0 Å². The third kappa shape index (κ3) is 6.42. The van der Waals surface area contributed by atoms with Crippen molar-refractivity contribution in [3.05, 3.63) is 81.5 Å². The zero-order valence-electron chi connectivity index (χ0n) is 17.1. The predicted molar refractivity (Wildman–Crippen MR) is 119 cm³/mol. The van der Waals surface area contributed by atoms with Crippen LogP contribution in [0.15, 0.2) is 60.7 Å². The van der Waals surface area contributed by atoms with E-state index in [1.807, 2.05) is 13.0 Å². The number of hydrogen-bond acceptors (Lipinski definition) is 6. The Morgan fingerprint density at radius 3 is 2.23 bits per heavy atom. The molecule has 0 aliphatic rings. The van der Waals surface area contributed by atoms with Gasteiger partial charge >= 0.3 is 5.97 Å². The zero-order valence-corrected chi connectivity index (χ0v) is 18.0. The summed E-state index contributed by atoms with van der Waals surface area (Å²) in [6.45, 7) is 1.75.